The fourth-order valence-corrected chi connectivity index (χ4v) is 11.6. The van der Waals surface area contributed by atoms with Crippen LogP contribution in [0.3, 0.4) is 0 Å². The summed E-state index contributed by atoms with van der Waals surface area (Å²) in [5, 5.41) is 0. The first-order chi connectivity index (χ1) is 35.7. The Kier molecular flexibility index (Phi) is 20.7. The maximum Gasteiger partial charge on any atom is 0.380 e. The molecule has 22 heteroatoms. The van der Waals surface area contributed by atoms with Gasteiger partial charge in [0, 0.05) is 35.2 Å². The van der Waals surface area contributed by atoms with Crippen molar-refractivity contribution in [2.75, 3.05) is 107 Å². The van der Waals surface area contributed by atoms with E-state index in [2.05, 4.69) is 0 Å². The molecule has 14 nitrogen and oxygen atoms in total. The Bertz CT molecular complexity index is 2450. The van der Waals surface area contributed by atoms with E-state index in [1.165, 1.54) is 64.5 Å². The highest BCUT2D eigenvalue weighted by Crippen LogP contribution is 2.75. The number of methoxy groups -OCH3 is 2. The molecule has 0 spiro atoms. The van der Waals surface area contributed by atoms with Gasteiger partial charge in [0.15, 0.2) is 0 Å². The molecule has 75 heavy (non-hydrogen) atoms. The maximum atomic E-state index is 16.4. The molecule has 2 aromatic carbocycles. The number of esters is 4. The van der Waals surface area contributed by atoms with Crippen LogP contribution in [0.1, 0.15) is 106 Å². The number of halogens is 6. The van der Waals surface area contributed by atoms with E-state index < -0.39 is 73.4 Å². The molecule has 0 N–H and O–H groups in total. The first-order valence-corrected chi connectivity index (χ1v) is 26.1. The lowest BCUT2D eigenvalue weighted by atomic mass is 9.71. The summed E-state index contributed by atoms with van der Waals surface area (Å²) in [6.45, 7) is 8.61. The average molecular weight is 1100 g/mol. The van der Waals surface area contributed by atoms with Crippen molar-refractivity contribution in [1.82, 2.24) is 0 Å². The Balaban J connectivity index is 1.38. The highest BCUT2D eigenvalue weighted by atomic mass is 32.2. The van der Waals surface area contributed by atoms with Gasteiger partial charge >= 0.3 is 41.6 Å². The van der Waals surface area contributed by atoms with E-state index in [1.807, 2.05) is 13.8 Å². The zero-order valence-electron chi connectivity index (χ0n) is 42.6. The standard InChI is InChI=1S/C53H62F6O14S2/c1-7-9-11-70-45(60)35-25-33(26-36(29-35)46(61)71-12-10-8-2)41-31-39-43-44(52(56,57)53(58,59)51(43,54)55)40-32-42(75-50(40,4)49(39,3)74-41)34-27-37(47(62)72-23-21-68-19-17-66-15-13-64-5)30-38(28-34)48(63)73-24-22-69-20-18-67-16-14-65-6/h25-32H,7-24H2,1-6H3. The van der Waals surface area contributed by atoms with E-state index in [1.54, 1.807) is 0 Å². The average Bonchev–Trinajstić information content (AvgIpc) is 3.97. The van der Waals surface area contributed by atoms with Gasteiger partial charge in [-0.05, 0) is 97.5 Å². The van der Waals surface area contributed by atoms with Crippen molar-refractivity contribution in [3.05, 3.63) is 104 Å². The van der Waals surface area contributed by atoms with Gasteiger partial charge in [-0.2, -0.15) is 26.3 Å². The van der Waals surface area contributed by atoms with Crippen molar-refractivity contribution in [2.45, 2.75) is 80.6 Å². The number of unbranched alkanes of at least 4 members (excludes halogenated alkanes) is 2. The van der Waals surface area contributed by atoms with Crippen molar-refractivity contribution in [3.8, 4) is 0 Å². The van der Waals surface area contributed by atoms with Crippen molar-refractivity contribution in [3.63, 3.8) is 0 Å². The highest BCUT2D eigenvalue weighted by Gasteiger charge is 2.84. The van der Waals surface area contributed by atoms with Crippen LogP contribution >= 0.6 is 23.5 Å². The third-order valence-electron chi connectivity index (χ3n) is 12.7. The number of carbonyl (C=O) groups excluding carboxylic acids is 4. The molecule has 0 bridgehead atoms. The molecule has 6 rings (SSSR count). The molecule has 2 aliphatic heterocycles. The number of fused-ring (bicyclic) bond motifs is 4. The van der Waals surface area contributed by atoms with Gasteiger partial charge < -0.3 is 47.4 Å². The molecule has 0 saturated heterocycles. The van der Waals surface area contributed by atoms with E-state index in [4.69, 9.17) is 47.4 Å². The Hall–Kier alpha value is -4.68. The second-order valence-corrected chi connectivity index (χ2v) is 20.8. The number of ether oxygens (including phenoxy) is 10. The summed E-state index contributed by atoms with van der Waals surface area (Å²) in [5.74, 6) is -20.2. The topological polar surface area (TPSA) is 161 Å². The minimum atomic E-state index is -5.89. The molecule has 2 heterocycles. The van der Waals surface area contributed by atoms with E-state index in [0.29, 0.717) is 52.1 Å². The monoisotopic (exact) mass is 1100 g/mol. The Morgan fingerprint density at radius 2 is 0.733 bits per heavy atom. The van der Waals surface area contributed by atoms with Crippen LogP contribution in [0.2, 0.25) is 0 Å². The number of hydrogen-bond acceptors (Lipinski definition) is 16. The number of carbonyl (C=O) groups is 4. The molecule has 4 aliphatic rings. The van der Waals surface area contributed by atoms with Crippen molar-refractivity contribution < 1.29 is 92.9 Å². The molecule has 2 aliphatic carbocycles. The fraction of sp³-hybridized carbons (Fsp3) is 0.547. The molecule has 2 atom stereocenters. The molecular weight excluding hydrogens is 1040 g/mol. The predicted octanol–water partition coefficient (Wildman–Crippen LogP) is 10.2. The van der Waals surface area contributed by atoms with Gasteiger partial charge in [-0.3, -0.25) is 0 Å². The van der Waals surface area contributed by atoms with Gasteiger partial charge in [0.1, 0.15) is 13.2 Å². The number of rotatable bonds is 30. The number of alkyl halides is 6. The van der Waals surface area contributed by atoms with Gasteiger partial charge in [-0.15, -0.1) is 23.5 Å². The molecule has 0 amide bonds. The van der Waals surface area contributed by atoms with Crippen LogP contribution in [0.4, 0.5) is 26.3 Å². The van der Waals surface area contributed by atoms with Crippen molar-refractivity contribution in [1.29, 1.82) is 0 Å². The Morgan fingerprint density at radius 1 is 0.440 bits per heavy atom. The fourth-order valence-electron chi connectivity index (χ4n) is 8.47. The van der Waals surface area contributed by atoms with Crippen LogP contribution in [0, 0.1) is 0 Å². The lowest BCUT2D eigenvalue weighted by Crippen LogP contribution is -2.48. The highest BCUT2D eigenvalue weighted by molar-refractivity contribution is 8.14. The first-order valence-electron chi connectivity index (χ1n) is 24.5. The lowest BCUT2D eigenvalue weighted by Gasteiger charge is -2.47. The summed E-state index contributed by atoms with van der Waals surface area (Å²) in [6.07, 6.45) is 4.70. The van der Waals surface area contributed by atoms with Crippen LogP contribution in [0.15, 0.2) is 70.8 Å². The Labute approximate surface area is 440 Å². The van der Waals surface area contributed by atoms with Crippen LogP contribution in [0.25, 0.3) is 9.81 Å². The van der Waals surface area contributed by atoms with E-state index >= 15 is 26.3 Å². The van der Waals surface area contributed by atoms with Crippen molar-refractivity contribution >= 4 is 57.2 Å². The minimum Gasteiger partial charge on any atom is -0.462 e. The summed E-state index contributed by atoms with van der Waals surface area (Å²) in [4.78, 5) is 54.3. The van der Waals surface area contributed by atoms with E-state index in [0.717, 1.165) is 35.7 Å². The first kappa shape index (κ1) is 59.6. The molecular formula is C53H62F6O14S2. The van der Waals surface area contributed by atoms with E-state index in [-0.39, 0.29) is 109 Å². The van der Waals surface area contributed by atoms with Crippen molar-refractivity contribution in [2.24, 2.45) is 0 Å². The minimum absolute atomic E-state index is 0.0349. The van der Waals surface area contributed by atoms with Crippen LogP contribution in [-0.4, -0.2) is 158 Å². The summed E-state index contributed by atoms with van der Waals surface area (Å²) in [7, 11) is 3.07. The smallest absolute Gasteiger partial charge is 0.380 e. The largest absolute Gasteiger partial charge is 0.462 e. The van der Waals surface area contributed by atoms with Gasteiger partial charge in [0.05, 0.1) is 111 Å². The van der Waals surface area contributed by atoms with Crippen LogP contribution in [0.5, 0.6) is 0 Å². The van der Waals surface area contributed by atoms with Gasteiger partial charge in [0.25, 0.3) is 0 Å². The van der Waals surface area contributed by atoms with Gasteiger partial charge in [-0.1, -0.05) is 26.7 Å². The zero-order valence-corrected chi connectivity index (χ0v) is 44.3. The number of thioether (sulfide) groups is 2. The maximum absolute atomic E-state index is 16.4. The molecule has 2 aromatic rings. The third-order valence-corrected chi connectivity index (χ3v) is 16.0. The normalized spacial score (nSPS) is 20.8. The van der Waals surface area contributed by atoms with Gasteiger partial charge in [0.2, 0.25) is 0 Å². The molecule has 0 aromatic heterocycles. The summed E-state index contributed by atoms with van der Waals surface area (Å²) in [5.41, 5.74) is -4.62. The quantitative estimate of drug-likeness (QED) is 0.0314. The summed E-state index contributed by atoms with van der Waals surface area (Å²) in [6, 6.07) is 7.75. The summed E-state index contributed by atoms with van der Waals surface area (Å²) < 4.78 is 147. The molecule has 0 radical (unpaired) electrons. The second-order valence-electron chi connectivity index (χ2n) is 17.9. The second kappa shape index (κ2) is 26.1. The van der Waals surface area contributed by atoms with Crippen LogP contribution < -0.4 is 0 Å². The van der Waals surface area contributed by atoms with E-state index in [9.17, 15) is 19.2 Å². The Morgan fingerprint density at radius 3 is 1.04 bits per heavy atom. The molecule has 1 fully saturated rings. The molecule has 412 valence electrons. The third kappa shape index (κ3) is 12.9. The molecule has 1 saturated carbocycles. The lowest BCUT2D eigenvalue weighted by molar-refractivity contribution is -0.258. The number of hydrogen-bond donors (Lipinski definition) is 0. The van der Waals surface area contributed by atoms with Gasteiger partial charge in [-0.25, -0.2) is 19.2 Å². The predicted molar refractivity (Wildman–Crippen MR) is 268 cm³/mol. The molecule has 2 unspecified atom stereocenters. The number of allylic oxidation sites excluding steroid dienone is 4. The number of benzene rings is 2. The SMILES string of the molecule is CCCCOC(=O)c1cc(C(=O)OCCCC)cc(C2=CC3=C4C(=C5C=C(c6cc(C(=O)OCCOCCOCCOC)cc(C(=O)OCCOCCOCCOC)c6)SC5(C)C3(C)S2)C(F)(F)C(F)(F)C4(F)F)c1. The van der Waals surface area contributed by atoms with Crippen LogP contribution in [-0.2, 0) is 47.4 Å². The zero-order chi connectivity index (χ0) is 54.6. The summed E-state index contributed by atoms with van der Waals surface area (Å²) >= 11 is 1.78.